The number of hydrogen-bond donors (Lipinski definition) is 0. The lowest BCUT2D eigenvalue weighted by Gasteiger charge is -2.57. The molecule has 0 amide bonds. The van der Waals surface area contributed by atoms with Crippen LogP contribution in [0.4, 0.5) is 4.39 Å². The van der Waals surface area contributed by atoms with E-state index in [1.54, 1.807) is 0 Å². The molecule has 5 rings (SSSR count). The van der Waals surface area contributed by atoms with E-state index in [4.69, 9.17) is 4.74 Å². The van der Waals surface area contributed by atoms with Crippen molar-refractivity contribution in [2.24, 2.45) is 28.6 Å². The van der Waals surface area contributed by atoms with E-state index in [1.807, 2.05) is 6.92 Å². The van der Waals surface area contributed by atoms with Crippen molar-refractivity contribution in [3.8, 4) is 0 Å². The highest BCUT2D eigenvalue weighted by molar-refractivity contribution is 5.92. The summed E-state index contributed by atoms with van der Waals surface area (Å²) in [4.78, 5) is 25.4. The number of rotatable bonds is 0. The SMILES string of the molecule is C=C1C[C@H]2[C@@H]3C[C@@H](F)C(=O)[C@@]3(C)CC[C@@H]2[C@@]2(C)C(=O)CCC3OC132. The van der Waals surface area contributed by atoms with Crippen molar-refractivity contribution < 1.29 is 18.7 Å². The second-order valence-corrected chi connectivity index (χ2v) is 9.21. The fourth-order valence-electron chi connectivity index (χ4n) is 7.27. The molecule has 1 aliphatic heterocycles. The second-order valence-electron chi connectivity index (χ2n) is 9.21. The van der Waals surface area contributed by atoms with Crippen LogP contribution in [0.2, 0.25) is 0 Å². The van der Waals surface area contributed by atoms with Gasteiger partial charge >= 0.3 is 0 Å². The Kier molecular flexibility index (Phi) is 2.67. The normalized spacial score (nSPS) is 58.6. The van der Waals surface area contributed by atoms with Gasteiger partial charge in [0.15, 0.2) is 12.0 Å². The molecule has 5 fully saturated rings. The van der Waals surface area contributed by atoms with Crippen LogP contribution in [0.15, 0.2) is 12.2 Å². The Bertz CT molecular complexity index is 686. The molecular formula is C20H25FO3. The maximum Gasteiger partial charge on any atom is 0.173 e. The average molecular weight is 332 g/mol. The van der Waals surface area contributed by atoms with Gasteiger partial charge in [-0.1, -0.05) is 13.5 Å². The van der Waals surface area contributed by atoms with Crippen molar-refractivity contribution in [2.75, 3.05) is 0 Å². The van der Waals surface area contributed by atoms with Crippen LogP contribution in [-0.2, 0) is 14.3 Å². The van der Waals surface area contributed by atoms with E-state index in [0.717, 1.165) is 24.8 Å². The first-order valence-corrected chi connectivity index (χ1v) is 9.34. The van der Waals surface area contributed by atoms with E-state index < -0.39 is 22.6 Å². The molecule has 1 spiro atoms. The molecule has 0 radical (unpaired) electrons. The van der Waals surface area contributed by atoms with Gasteiger partial charge < -0.3 is 4.74 Å². The molecule has 0 aromatic heterocycles. The number of alkyl halides is 1. The number of ether oxygens (including phenoxy) is 1. The topological polar surface area (TPSA) is 46.7 Å². The van der Waals surface area contributed by atoms with Gasteiger partial charge in [-0.3, -0.25) is 9.59 Å². The summed E-state index contributed by atoms with van der Waals surface area (Å²) in [6.07, 6.45) is 2.82. The Balaban J connectivity index is 1.60. The van der Waals surface area contributed by atoms with Gasteiger partial charge in [0.2, 0.25) is 0 Å². The Labute approximate surface area is 142 Å². The molecule has 4 aliphatic carbocycles. The van der Waals surface area contributed by atoms with Crippen molar-refractivity contribution in [3.05, 3.63) is 12.2 Å². The highest BCUT2D eigenvalue weighted by atomic mass is 19.1. The molecule has 0 aromatic carbocycles. The Morgan fingerprint density at radius 3 is 2.71 bits per heavy atom. The first-order valence-electron chi connectivity index (χ1n) is 9.34. The lowest BCUT2D eigenvalue weighted by atomic mass is 9.44. The molecule has 1 heterocycles. The Morgan fingerprint density at radius 2 is 1.96 bits per heavy atom. The number of ketones is 2. The second kappa shape index (κ2) is 4.20. The highest BCUT2D eigenvalue weighted by Crippen LogP contribution is 2.72. The van der Waals surface area contributed by atoms with E-state index in [-0.39, 0.29) is 35.4 Å². The van der Waals surface area contributed by atoms with Crippen LogP contribution < -0.4 is 0 Å². The summed E-state index contributed by atoms with van der Waals surface area (Å²) in [6, 6.07) is 0. The maximum atomic E-state index is 14.2. The molecule has 4 heteroatoms. The summed E-state index contributed by atoms with van der Waals surface area (Å²) >= 11 is 0. The smallest absolute Gasteiger partial charge is 0.173 e. The van der Waals surface area contributed by atoms with Crippen molar-refractivity contribution in [1.29, 1.82) is 0 Å². The van der Waals surface area contributed by atoms with E-state index >= 15 is 0 Å². The number of carbonyl (C=O) groups excluding carboxylic acids is 2. The van der Waals surface area contributed by atoms with E-state index in [0.29, 0.717) is 19.3 Å². The summed E-state index contributed by atoms with van der Waals surface area (Å²) in [5, 5.41) is 0. The predicted molar refractivity (Wildman–Crippen MR) is 86.0 cm³/mol. The van der Waals surface area contributed by atoms with Crippen molar-refractivity contribution in [1.82, 2.24) is 0 Å². The van der Waals surface area contributed by atoms with Crippen LogP contribution in [0.1, 0.15) is 52.4 Å². The number of fused-ring (bicyclic) bond motifs is 4. The summed E-state index contributed by atoms with van der Waals surface area (Å²) in [7, 11) is 0. The molecular weight excluding hydrogens is 307 g/mol. The molecule has 4 saturated carbocycles. The van der Waals surface area contributed by atoms with Crippen LogP contribution >= 0.6 is 0 Å². The number of carbonyl (C=O) groups is 2. The molecule has 24 heavy (non-hydrogen) atoms. The molecule has 2 unspecified atom stereocenters. The summed E-state index contributed by atoms with van der Waals surface area (Å²) in [5.74, 6) is 0.492. The monoisotopic (exact) mass is 332 g/mol. The molecule has 0 aromatic rings. The van der Waals surface area contributed by atoms with Gasteiger partial charge in [0.05, 0.1) is 11.5 Å². The third kappa shape index (κ3) is 1.38. The number of hydrogen-bond acceptors (Lipinski definition) is 3. The molecule has 0 N–H and O–H groups in total. The lowest BCUT2D eigenvalue weighted by Crippen LogP contribution is -2.61. The highest BCUT2D eigenvalue weighted by Gasteiger charge is 2.78. The largest absolute Gasteiger partial charge is 0.360 e. The maximum absolute atomic E-state index is 14.2. The number of halogens is 1. The van der Waals surface area contributed by atoms with Crippen molar-refractivity contribution in [2.45, 2.75) is 70.2 Å². The van der Waals surface area contributed by atoms with E-state index in [2.05, 4.69) is 13.5 Å². The van der Waals surface area contributed by atoms with Gasteiger partial charge in [0.1, 0.15) is 11.4 Å². The Morgan fingerprint density at radius 1 is 1.21 bits per heavy atom. The first kappa shape index (κ1) is 15.2. The van der Waals surface area contributed by atoms with Crippen LogP contribution in [0.3, 0.4) is 0 Å². The zero-order chi connectivity index (χ0) is 17.1. The van der Waals surface area contributed by atoms with Gasteiger partial charge in [-0.2, -0.15) is 0 Å². The molecule has 8 atom stereocenters. The fourth-order valence-corrected chi connectivity index (χ4v) is 7.27. The third-order valence-electron chi connectivity index (χ3n) is 8.59. The molecule has 1 saturated heterocycles. The van der Waals surface area contributed by atoms with E-state index in [9.17, 15) is 14.0 Å². The average Bonchev–Trinajstić information content (AvgIpc) is 3.24. The van der Waals surface area contributed by atoms with Gasteiger partial charge in [0.25, 0.3) is 0 Å². The lowest BCUT2D eigenvalue weighted by molar-refractivity contribution is -0.150. The fraction of sp³-hybridized carbons (Fsp3) is 0.800. The number of epoxide rings is 1. The van der Waals surface area contributed by atoms with Gasteiger partial charge in [-0.15, -0.1) is 0 Å². The van der Waals surface area contributed by atoms with E-state index in [1.165, 1.54) is 0 Å². The minimum absolute atomic E-state index is 0.0385. The first-order chi connectivity index (χ1) is 11.3. The quantitative estimate of drug-likeness (QED) is 0.504. The van der Waals surface area contributed by atoms with Crippen molar-refractivity contribution in [3.63, 3.8) is 0 Å². The molecule has 3 nitrogen and oxygen atoms in total. The molecule has 130 valence electrons. The Hall–Kier alpha value is -1.03. The van der Waals surface area contributed by atoms with Crippen LogP contribution in [0.5, 0.6) is 0 Å². The summed E-state index contributed by atoms with van der Waals surface area (Å²) in [5.41, 5.74) is -0.532. The number of Topliss-reactive ketones (excluding diaryl/α,β-unsaturated/α-hetero) is 2. The van der Waals surface area contributed by atoms with Crippen LogP contribution in [0.25, 0.3) is 0 Å². The molecule has 5 aliphatic rings. The van der Waals surface area contributed by atoms with Crippen LogP contribution in [-0.4, -0.2) is 29.4 Å². The van der Waals surface area contributed by atoms with Gasteiger partial charge in [-0.25, -0.2) is 4.39 Å². The van der Waals surface area contributed by atoms with Gasteiger partial charge in [0, 0.05) is 11.8 Å². The summed E-state index contributed by atoms with van der Waals surface area (Å²) < 4.78 is 20.4. The summed E-state index contributed by atoms with van der Waals surface area (Å²) in [6.45, 7) is 8.32. The van der Waals surface area contributed by atoms with Crippen molar-refractivity contribution >= 4 is 11.6 Å². The zero-order valence-corrected chi connectivity index (χ0v) is 14.4. The zero-order valence-electron chi connectivity index (χ0n) is 14.4. The minimum Gasteiger partial charge on any atom is -0.360 e. The van der Waals surface area contributed by atoms with Gasteiger partial charge in [-0.05, 0) is 62.4 Å². The third-order valence-corrected chi connectivity index (χ3v) is 8.59. The molecule has 0 bridgehead atoms. The minimum atomic E-state index is -1.33. The van der Waals surface area contributed by atoms with Crippen LogP contribution in [0, 0.1) is 28.6 Å². The standard InChI is InChI=1S/C20H25FO3/c1-10-8-11-12(6-7-18(2)13(11)9-14(21)17(18)23)19(3)15(22)4-5-16-20(10,19)24-16/h11-14,16H,1,4-9H2,2-3H3/t11-,12+,13+,14-,16?,18+,19+,20?/m1/s1. The predicted octanol–water partition coefficient (Wildman–Crippen LogP) is 3.41.